The predicted molar refractivity (Wildman–Crippen MR) is 34.8 cm³/mol. The number of Topliss-reactive ketones (excluding diaryl/α,β-unsaturated/α-hetero) is 1. The van der Waals surface area contributed by atoms with Gasteiger partial charge in [-0.05, 0) is 6.08 Å². The Kier molecular flexibility index (Phi) is 1.35. The molecule has 4 heteroatoms. The first kappa shape index (κ1) is 6.97. The number of ketones is 1. The summed E-state index contributed by atoms with van der Waals surface area (Å²) in [6.07, 6.45) is -0.203. The van der Waals surface area contributed by atoms with Crippen molar-refractivity contribution in [1.29, 1.82) is 0 Å². The van der Waals surface area contributed by atoms with Gasteiger partial charge in [0.05, 0.1) is 6.61 Å². The Labute approximate surface area is 63.1 Å². The normalized spacial score (nSPS) is 41.5. The zero-order chi connectivity index (χ0) is 8.01. The van der Waals surface area contributed by atoms with Gasteiger partial charge >= 0.3 is 0 Å². The molecule has 2 N–H and O–H groups in total. The summed E-state index contributed by atoms with van der Waals surface area (Å²) in [5, 5.41) is 17.8. The molecule has 2 aliphatic rings. The van der Waals surface area contributed by atoms with Gasteiger partial charge in [0, 0.05) is 5.57 Å². The standard InChI is InChI=1S/C7H8O4/c8-2-3-1-4(9)6-7(11-6)5(3)10/h1,4,6-9H,2H2/t4-,6+,7+/m1/s1. The van der Waals surface area contributed by atoms with Crippen LogP contribution < -0.4 is 0 Å². The minimum atomic E-state index is -0.722. The van der Waals surface area contributed by atoms with Crippen molar-refractivity contribution < 1.29 is 19.7 Å². The summed E-state index contributed by atoms with van der Waals surface area (Å²) in [7, 11) is 0. The van der Waals surface area contributed by atoms with E-state index in [2.05, 4.69) is 0 Å². The lowest BCUT2D eigenvalue weighted by Crippen LogP contribution is -2.27. The number of carbonyl (C=O) groups excluding carboxylic acids is 1. The highest BCUT2D eigenvalue weighted by molar-refractivity contribution is 6.02. The first-order valence-corrected chi connectivity index (χ1v) is 3.43. The van der Waals surface area contributed by atoms with Crippen LogP contribution in [0, 0.1) is 0 Å². The van der Waals surface area contributed by atoms with Crippen LogP contribution in [0.1, 0.15) is 0 Å². The number of aliphatic hydroxyl groups excluding tert-OH is 2. The Hall–Kier alpha value is -0.710. The van der Waals surface area contributed by atoms with Crippen molar-refractivity contribution in [3.8, 4) is 0 Å². The molecule has 1 fully saturated rings. The maximum atomic E-state index is 11.1. The van der Waals surface area contributed by atoms with Gasteiger partial charge in [-0.2, -0.15) is 0 Å². The van der Waals surface area contributed by atoms with Crippen molar-refractivity contribution >= 4 is 5.78 Å². The molecular weight excluding hydrogens is 148 g/mol. The molecule has 0 unspecified atom stereocenters. The Morgan fingerprint density at radius 2 is 2.36 bits per heavy atom. The number of epoxide rings is 1. The zero-order valence-corrected chi connectivity index (χ0v) is 5.73. The van der Waals surface area contributed by atoms with Gasteiger partial charge in [-0.25, -0.2) is 0 Å². The van der Waals surface area contributed by atoms with Crippen LogP contribution in [0.2, 0.25) is 0 Å². The van der Waals surface area contributed by atoms with Crippen molar-refractivity contribution in [1.82, 2.24) is 0 Å². The van der Waals surface area contributed by atoms with E-state index >= 15 is 0 Å². The van der Waals surface area contributed by atoms with Crippen LogP contribution in [0.15, 0.2) is 11.6 Å². The van der Waals surface area contributed by atoms with Crippen LogP contribution in [0.4, 0.5) is 0 Å². The fourth-order valence-electron chi connectivity index (χ4n) is 1.29. The number of aliphatic hydroxyl groups is 2. The molecule has 3 atom stereocenters. The molecule has 60 valence electrons. The predicted octanol–water partition coefficient (Wildman–Crippen LogP) is -1.38. The number of ether oxygens (including phenoxy) is 1. The molecule has 1 heterocycles. The lowest BCUT2D eigenvalue weighted by atomic mass is 9.97. The van der Waals surface area contributed by atoms with Gasteiger partial charge in [0.25, 0.3) is 0 Å². The van der Waals surface area contributed by atoms with E-state index in [1.165, 1.54) is 6.08 Å². The van der Waals surface area contributed by atoms with Crippen LogP contribution in [-0.2, 0) is 9.53 Å². The van der Waals surface area contributed by atoms with Gasteiger partial charge in [0.15, 0.2) is 5.78 Å². The van der Waals surface area contributed by atoms with Gasteiger partial charge in [0.2, 0.25) is 0 Å². The number of hydrogen-bond acceptors (Lipinski definition) is 4. The second-order valence-electron chi connectivity index (χ2n) is 2.73. The second kappa shape index (κ2) is 2.14. The van der Waals surface area contributed by atoms with Gasteiger partial charge in [-0.1, -0.05) is 0 Å². The molecule has 0 bridgehead atoms. The highest BCUT2D eigenvalue weighted by Gasteiger charge is 2.52. The smallest absolute Gasteiger partial charge is 0.192 e. The maximum absolute atomic E-state index is 11.1. The molecule has 0 aromatic rings. The quantitative estimate of drug-likeness (QED) is 0.459. The zero-order valence-electron chi connectivity index (χ0n) is 5.73. The fraction of sp³-hybridized carbons (Fsp3) is 0.571. The molecule has 0 amide bonds. The number of fused-ring (bicyclic) bond motifs is 1. The molecule has 0 radical (unpaired) electrons. The van der Waals surface area contributed by atoms with Crippen LogP contribution in [0.25, 0.3) is 0 Å². The Morgan fingerprint density at radius 1 is 1.64 bits per heavy atom. The highest BCUT2D eigenvalue weighted by atomic mass is 16.6. The molecule has 11 heavy (non-hydrogen) atoms. The molecular formula is C7H8O4. The summed E-state index contributed by atoms with van der Waals surface area (Å²) in [4.78, 5) is 11.1. The van der Waals surface area contributed by atoms with Crippen molar-refractivity contribution in [2.45, 2.75) is 18.3 Å². The van der Waals surface area contributed by atoms with E-state index in [1.54, 1.807) is 0 Å². The molecule has 0 saturated carbocycles. The van der Waals surface area contributed by atoms with E-state index in [9.17, 15) is 9.90 Å². The minimum absolute atomic E-state index is 0.192. The van der Waals surface area contributed by atoms with E-state index in [-0.39, 0.29) is 24.1 Å². The van der Waals surface area contributed by atoms with Gasteiger partial charge in [-0.15, -0.1) is 0 Å². The summed E-state index contributed by atoms with van der Waals surface area (Å²) < 4.78 is 4.87. The summed E-state index contributed by atoms with van der Waals surface area (Å²) in [5.74, 6) is -0.192. The van der Waals surface area contributed by atoms with Crippen molar-refractivity contribution in [3.05, 3.63) is 11.6 Å². The number of carbonyl (C=O) groups is 1. The Bertz CT molecular complexity index is 233. The van der Waals surface area contributed by atoms with Crippen LogP contribution in [-0.4, -0.2) is 40.9 Å². The third kappa shape index (κ3) is 0.910. The Morgan fingerprint density at radius 3 is 3.00 bits per heavy atom. The minimum Gasteiger partial charge on any atom is -0.392 e. The van der Waals surface area contributed by atoms with E-state index in [4.69, 9.17) is 9.84 Å². The molecule has 1 aliphatic heterocycles. The van der Waals surface area contributed by atoms with Gasteiger partial charge in [0.1, 0.15) is 18.3 Å². The average Bonchev–Trinajstić information content (AvgIpc) is 2.75. The average molecular weight is 156 g/mol. The molecule has 1 saturated heterocycles. The number of rotatable bonds is 1. The summed E-state index contributed by atoms with van der Waals surface area (Å²) >= 11 is 0. The van der Waals surface area contributed by atoms with Crippen LogP contribution >= 0.6 is 0 Å². The molecule has 0 spiro atoms. The summed E-state index contributed by atoms with van der Waals surface area (Å²) in [5.41, 5.74) is 0.260. The van der Waals surface area contributed by atoms with Crippen LogP contribution in [0.5, 0.6) is 0 Å². The van der Waals surface area contributed by atoms with Crippen molar-refractivity contribution in [3.63, 3.8) is 0 Å². The lowest BCUT2D eigenvalue weighted by Gasteiger charge is -2.09. The SMILES string of the molecule is O=C1C(CO)=C[C@@H](O)[C@@H]2O[C@@H]12. The van der Waals surface area contributed by atoms with E-state index in [1.807, 2.05) is 0 Å². The monoisotopic (exact) mass is 156 g/mol. The van der Waals surface area contributed by atoms with Gasteiger partial charge < -0.3 is 14.9 Å². The molecule has 0 aromatic heterocycles. The number of hydrogen-bond donors (Lipinski definition) is 2. The molecule has 1 aliphatic carbocycles. The lowest BCUT2D eigenvalue weighted by molar-refractivity contribution is -0.117. The van der Waals surface area contributed by atoms with Crippen molar-refractivity contribution in [2.24, 2.45) is 0 Å². The summed E-state index contributed by atoms with van der Waals surface area (Å²) in [6.45, 7) is -0.317. The largest absolute Gasteiger partial charge is 0.392 e. The first-order chi connectivity index (χ1) is 5.24. The molecule has 0 aromatic carbocycles. The van der Waals surface area contributed by atoms with E-state index in [0.717, 1.165) is 0 Å². The van der Waals surface area contributed by atoms with Crippen molar-refractivity contribution in [2.75, 3.05) is 6.61 Å². The van der Waals surface area contributed by atoms with Gasteiger partial charge in [-0.3, -0.25) is 4.79 Å². The maximum Gasteiger partial charge on any atom is 0.192 e. The van der Waals surface area contributed by atoms with Crippen LogP contribution in [0.3, 0.4) is 0 Å². The molecule has 2 rings (SSSR count). The summed E-state index contributed by atoms with van der Waals surface area (Å²) in [6, 6.07) is 0. The Balaban J connectivity index is 2.25. The third-order valence-electron chi connectivity index (χ3n) is 1.98. The first-order valence-electron chi connectivity index (χ1n) is 3.43. The second-order valence-corrected chi connectivity index (χ2v) is 2.73. The topological polar surface area (TPSA) is 70.1 Å². The highest BCUT2D eigenvalue weighted by Crippen LogP contribution is 2.33. The fourth-order valence-corrected chi connectivity index (χ4v) is 1.29. The third-order valence-corrected chi connectivity index (χ3v) is 1.98. The molecule has 4 nitrogen and oxygen atoms in total. The van der Waals surface area contributed by atoms with E-state index < -0.39 is 12.2 Å². The van der Waals surface area contributed by atoms with E-state index in [0.29, 0.717) is 0 Å².